The van der Waals surface area contributed by atoms with Gasteiger partial charge in [0.05, 0.1) is 0 Å². The highest BCUT2D eigenvalue weighted by Gasteiger charge is 2.18. The van der Waals surface area contributed by atoms with Crippen LogP contribution in [-0.4, -0.2) is 0 Å². The molecule has 0 aromatic heterocycles. The van der Waals surface area contributed by atoms with Crippen LogP contribution in [0.1, 0.15) is 67.2 Å². The lowest BCUT2D eigenvalue weighted by atomic mass is 9.79. The topological polar surface area (TPSA) is 0 Å². The van der Waals surface area contributed by atoms with Gasteiger partial charge in [0, 0.05) is 0 Å². The van der Waals surface area contributed by atoms with Gasteiger partial charge in [0.15, 0.2) is 0 Å². The third-order valence-electron chi connectivity index (χ3n) is 3.12. The van der Waals surface area contributed by atoms with Gasteiger partial charge in [0.25, 0.3) is 0 Å². The lowest BCUT2D eigenvalue weighted by Gasteiger charge is -2.27. The molecule has 84 valence electrons. The molecule has 0 fully saturated rings. The first-order valence-electron chi connectivity index (χ1n) is 5.97. The molecule has 0 saturated carbocycles. The van der Waals surface area contributed by atoms with Crippen molar-refractivity contribution in [2.75, 3.05) is 0 Å². The standard InChI is InChI=1S/C14H28/c1-12(2)10-8-7-9-11-13(3)14(4,5)6/h10,13H,7-9,11H2,1-6H3. The fourth-order valence-corrected chi connectivity index (χ4v) is 1.42. The maximum Gasteiger partial charge on any atom is -0.0348 e. The zero-order valence-electron chi connectivity index (χ0n) is 11.0. The third kappa shape index (κ3) is 7.17. The summed E-state index contributed by atoms with van der Waals surface area (Å²) in [5, 5.41) is 0. The second-order valence-electron chi connectivity index (χ2n) is 5.83. The summed E-state index contributed by atoms with van der Waals surface area (Å²) in [6, 6.07) is 0. The summed E-state index contributed by atoms with van der Waals surface area (Å²) in [4.78, 5) is 0. The average Bonchev–Trinajstić information content (AvgIpc) is 2.01. The number of allylic oxidation sites excluding steroid dienone is 2. The Morgan fingerprint density at radius 1 is 1.14 bits per heavy atom. The van der Waals surface area contributed by atoms with Crippen LogP contribution in [0.2, 0.25) is 0 Å². The fourth-order valence-electron chi connectivity index (χ4n) is 1.42. The summed E-state index contributed by atoms with van der Waals surface area (Å²) >= 11 is 0. The van der Waals surface area contributed by atoms with Crippen molar-refractivity contribution in [3.63, 3.8) is 0 Å². The molecule has 0 aliphatic heterocycles. The van der Waals surface area contributed by atoms with Gasteiger partial charge in [-0.3, -0.25) is 0 Å². The molecule has 0 saturated heterocycles. The van der Waals surface area contributed by atoms with Crippen molar-refractivity contribution in [1.82, 2.24) is 0 Å². The molecule has 1 atom stereocenters. The van der Waals surface area contributed by atoms with E-state index in [1.54, 1.807) is 0 Å². The first-order chi connectivity index (χ1) is 6.34. The molecule has 0 aromatic rings. The smallest absolute Gasteiger partial charge is 0.0348 e. The molecule has 0 aliphatic rings. The third-order valence-corrected chi connectivity index (χ3v) is 3.12. The predicted octanol–water partition coefficient (Wildman–Crippen LogP) is 5.20. The summed E-state index contributed by atoms with van der Waals surface area (Å²) in [5.74, 6) is 0.842. The maximum atomic E-state index is 2.38. The summed E-state index contributed by atoms with van der Waals surface area (Å²) in [6.07, 6.45) is 7.72. The van der Waals surface area contributed by atoms with Crippen LogP contribution in [0.5, 0.6) is 0 Å². The van der Waals surface area contributed by atoms with Crippen LogP contribution in [0.3, 0.4) is 0 Å². The van der Waals surface area contributed by atoms with Crippen LogP contribution in [0, 0.1) is 11.3 Å². The highest BCUT2D eigenvalue weighted by Crippen LogP contribution is 2.29. The molecule has 0 aromatic carbocycles. The van der Waals surface area contributed by atoms with Gasteiger partial charge >= 0.3 is 0 Å². The van der Waals surface area contributed by atoms with E-state index < -0.39 is 0 Å². The van der Waals surface area contributed by atoms with E-state index in [4.69, 9.17) is 0 Å². The Balaban J connectivity index is 3.51. The molecule has 0 spiro atoms. The van der Waals surface area contributed by atoms with E-state index in [9.17, 15) is 0 Å². The van der Waals surface area contributed by atoms with Crippen molar-refractivity contribution < 1.29 is 0 Å². The van der Waals surface area contributed by atoms with E-state index in [0.29, 0.717) is 5.41 Å². The average molecular weight is 196 g/mol. The molecular weight excluding hydrogens is 168 g/mol. The number of unbranched alkanes of at least 4 members (excludes halogenated alkanes) is 2. The first kappa shape index (κ1) is 13.7. The van der Waals surface area contributed by atoms with Gasteiger partial charge in [0.1, 0.15) is 0 Å². The normalized spacial score (nSPS) is 13.9. The van der Waals surface area contributed by atoms with Gasteiger partial charge in [0.2, 0.25) is 0 Å². The van der Waals surface area contributed by atoms with E-state index in [0.717, 1.165) is 5.92 Å². The minimum atomic E-state index is 0.483. The van der Waals surface area contributed by atoms with Crippen molar-refractivity contribution in [2.24, 2.45) is 11.3 Å². The minimum Gasteiger partial charge on any atom is -0.0859 e. The van der Waals surface area contributed by atoms with E-state index >= 15 is 0 Å². The summed E-state index contributed by atoms with van der Waals surface area (Å²) in [5.41, 5.74) is 1.94. The molecule has 0 radical (unpaired) electrons. The van der Waals surface area contributed by atoms with E-state index in [1.807, 2.05) is 0 Å². The van der Waals surface area contributed by atoms with Crippen molar-refractivity contribution in [2.45, 2.75) is 67.2 Å². The molecule has 0 aliphatic carbocycles. The van der Waals surface area contributed by atoms with Crippen molar-refractivity contribution in [3.05, 3.63) is 11.6 Å². The SMILES string of the molecule is CC(C)=CCCCCC(C)C(C)(C)C. The second kappa shape index (κ2) is 6.27. The Bertz CT molecular complexity index is 165. The van der Waals surface area contributed by atoms with Crippen LogP contribution >= 0.6 is 0 Å². The fraction of sp³-hybridized carbons (Fsp3) is 0.857. The van der Waals surface area contributed by atoms with Crippen LogP contribution in [0.25, 0.3) is 0 Å². The lowest BCUT2D eigenvalue weighted by molar-refractivity contribution is 0.241. The van der Waals surface area contributed by atoms with Gasteiger partial charge < -0.3 is 0 Å². The molecule has 14 heavy (non-hydrogen) atoms. The quantitative estimate of drug-likeness (QED) is 0.419. The highest BCUT2D eigenvalue weighted by atomic mass is 14.2. The molecule has 0 heteroatoms. The molecule has 0 bridgehead atoms. The summed E-state index contributed by atoms with van der Waals surface area (Å²) in [6.45, 7) is 13.8. The predicted molar refractivity (Wildman–Crippen MR) is 66.5 cm³/mol. The molecule has 1 unspecified atom stereocenters. The molecule has 0 N–H and O–H groups in total. The number of hydrogen-bond donors (Lipinski definition) is 0. The largest absolute Gasteiger partial charge is 0.0859 e. The Kier molecular flexibility index (Phi) is 6.15. The zero-order chi connectivity index (χ0) is 11.2. The van der Waals surface area contributed by atoms with E-state index in [2.05, 4.69) is 47.6 Å². The van der Waals surface area contributed by atoms with Crippen molar-refractivity contribution in [3.8, 4) is 0 Å². The molecule has 0 heterocycles. The first-order valence-corrected chi connectivity index (χ1v) is 5.97. The van der Waals surface area contributed by atoms with Gasteiger partial charge in [-0.1, -0.05) is 52.2 Å². The molecular formula is C14H28. The number of hydrogen-bond acceptors (Lipinski definition) is 0. The van der Waals surface area contributed by atoms with Crippen LogP contribution in [-0.2, 0) is 0 Å². The van der Waals surface area contributed by atoms with Gasteiger partial charge in [-0.2, -0.15) is 0 Å². The van der Waals surface area contributed by atoms with Crippen LogP contribution < -0.4 is 0 Å². The summed E-state index contributed by atoms with van der Waals surface area (Å²) in [7, 11) is 0. The monoisotopic (exact) mass is 196 g/mol. The zero-order valence-corrected chi connectivity index (χ0v) is 11.0. The van der Waals surface area contributed by atoms with Crippen molar-refractivity contribution in [1.29, 1.82) is 0 Å². The van der Waals surface area contributed by atoms with Crippen LogP contribution in [0.15, 0.2) is 11.6 Å². The molecule has 0 rings (SSSR count). The van der Waals surface area contributed by atoms with E-state index in [1.165, 1.54) is 31.3 Å². The van der Waals surface area contributed by atoms with Crippen LogP contribution in [0.4, 0.5) is 0 Å². The molecule has 0 nitrogen and oxygen atoms in total. The number of rotatable bonds is 5. The van der Waals surface area contributed by atoms with Gasteiger partial charge in [-0.15, -0.1) is 0 Å². The Labute approximate surface area is 90.8 Å². The van der Waals surface area contributed by atoms with Crippen molar-refractivity contribution >= 4 is 0 Å². The van der Waals surface area contributed by atoms with Gasteiger partial charge in [-0.25, -0.2) is 0 Å². The Morgan fingerprint density at radius 2 is 1.71 bits per heavy atom. The Hall–Kier alpha value is -0.260. The van der Waals surface area contributed by atoms with E-state index in [-0.39, 0.29) is 0 Å². The minimum absolute atomic E-state index is 0.483. The Morgan fingerprint density at radius 3 is 2.14 bits per heavy atom. The lowest BCUT2D eigenvalue weighted by Crippen LogP contribution is -2.16. The second-order valence-corrected chi connectivity index (χ2v) is 5.83. The maximum absolute atomic E-state index is 2.38. The highest BCUT2D eigenvalue weighted by molar-refractivity contribution is 4.92. The molecule has 0 amide bonds. The summed E-state index contributed by atoms with van der Waals surface area (Å²) < 4.78 is 0. The van der Waals surface area contributed by atoms with Gasteiger partial charge in [-0.05, 0) is 38.0 Å².